The minimum atomic E-state index is 0. The van der Waals surface area contributed by atoms with E-state index < -0.39 is 0 Å². The van der Waals surface area contributed by atoms with E-state index >= 15 is 0 Å². The quantitative estimate of drug-likeness (QED) is 0.191. The molecule has 0 aliphatic carbocycles. The van der Waals surface area contributed by atoms with Crippen LogP contribution in [0.3, 0.4) is 0 Å². The summed E-state index contributed by atoms with van der Waals surface area (Å²) in [6.45, 7) is 7.63. The first-order valence-corrected chi connectivity index (χ1v) is 10.1. The molecule has 0 bridgehead atoms. The summed E-state index contributed by atoms with van der Waals surface area (Å²) >= 11 is 0. The standard InChI is InChI=1S/C21H35N3O4.HI/c1-4-22-21(23-10-5-12-27-15-17-9-13-28-16-17)24-11-8-18-14-19(25-2)6-7-20(18)26-3;/h6-7,14,17H,4-5,8-13,15-16H2,1-3H3,(H2,22,23,24);1H. The predicted molar refractivity (Wildman–Crippen MR) is 127 cm³/mol. The second-order valence-electron chi connectivity index (χ2n) is 6.77. The molecule has 1 fully saturated rings. The normalized spacial score (nSPS) is 16.2. The van der Waals surface area contributed by atoms with Gasteiger partial charge in [0.15, 0.2) is 5.96 Å². The van der Waals surface area contributed by atoms with Crippen molar-refractivity contribution >= 4 is 29.9 Å². The van der Waals surface area contributed by atoms with Crippen LogP contribution >= 0.6 is 24.0 Å². The Kier molecular flexibility index (Phi) is 13.8. The van der Waals surface area contributed by atoms with Crippen molar-refractivity contribution in [3.05, 3.63) is 23.8 Å². The number of ether oxygens (including phenoxy) is 4. The molecule has 0 saturated carbocycles. The van der Waals surface area contributed by atoms with Crippen LogP contribution < -0.4 is 20.1 Å². The van der Waals surface area contributed by atoms with E-state index in [1.807, 2.05) is 18.2 Å². The molecule has 0 radical (unpaired) electrons. The highest BCUT2D eigenvalue weighted by molar-refractivity contribution is 14.0. The molecular formula is C21H36IN3O4. The summed E-state index contributed by atoms with van der Waals surface area (Å²) in [6.07, 6.45) is 2.84. The molecular weight excluding hydrogens is 485 g/mol. The zero-order valence-electron chi connectivity index (χ0n) is 17.9. The van der Waals surface area contributed by atoms with Gasteiger partial charge in [-0.3, -0.25) is 4.99 Å². The number of hydrogen-bond donors (Lipinski definition) is 2. The number of benzene rings is 1. The Morgan fingerprint density at radius 1 is 1.24 bits per heavy atom. The molecule has 0 aromatic heterocycles. The lowest BCUT2D eigenvalue weighted by Crippen LogP contribution is -2.38. The lowest BCUT2D eigenvalue weighted by molar-refractivity contribution is 0.0893. The van der Waals surface area contributed by atoms with Gasteiger partial charge in [0.1, 0.15) is 11.5 Å². The first-order chi connectivity index (χ1) is 13.8. The van der Waals surface area contributed by atoms with Crippen molar-refractivity contribution in [2.24, 2.45) is 10.9 Å². The Morgan fingerprint density at radius 3 is 2.79 bits per heavy atom. The number of nitrogens with one attached hydrogen (secondary N) is 2. The van der Waals surface area contributed by atoms with Gasteiger partial charge in [-0.25, -0.2) is 0 Å². The van der Waals surface area contributed by atoms with Crippen molar-refractivity contribution in [3.63, 3.8) is 0 Å². The van der Waals surface area contributed by atoms with E-state index in [1.54, 1.807) is 14.2 Å². The van der Waals surface area contributed by atoms with Crippen LogP contribution in [-0.4, -0.2) is 66.2 Å². The van der Waals surface area contributed by atoms with Gasteiger partial charge in [0.05, 0.1) is 27.4 Å². The number of rotatable bonds is 12. The smallest absolute Gasteiger partial charge is 0.191 e. The summed E-state index contributed by atoms with van der Waals surface area (Å²) in [5, 5.41) is 6.66. The molecule has 0 spiro atoms. The number of guanidine groups is 1. The Balaban J connectivity index is 0.00000420. The molecule has 1 aromatic carbocycles. The van der Waals surface area contributed by atoms with Crippen LogP contribution in [0.2, 0.25) is 0 Å². The van der Waals surface area contributed by atoms with Gasteiger partial charge in [0.2, 0.25) is 0 Å². The second-order valence-corrected chi connectivity index (χ2v) is 6.77. The number of methoxy groups -OCH3 is 2. The van der Waals surface area contributed by atoms with Crippen molar-refractivity contribution in [1.29, 1.82) is 0 Å². The summed E-state index contributed by atoms with van der Waals surface area (Å²) in [7, 11) is 3.36. The summed E-state index contributed by atoms with van der Waals surface area (Å²) in [6, 6.07) is 5.85. The third kappa shape index (κ3) is 9.86. The minimum absolute atomic E-state index is 0. The van der Waals surface area contributed by atoms with Gasteiger partial charge in [-0.15, -0.1) is 24.0 Å². The van der Waals surface area contributed by atoms with Crippen LogP contribution in [-0.2, 0) is 15.9 Å². The average Bonchev–Trinajstić information content (AvgIpc) is 3.23. The van der Waals surface area contributed by atoms with Gasteiger partial charge in [0.25, 0.3) is 0 Å². The molecule has 8 heteroatoms. The number of aliphatic imine (C=N–C) groups is 1. The maximum absolute atomic E-state index is 5.73. The SMILES string of the molecule is CCNC(=NCCCOCC1CCOC1)NCCc1cc(OC)ccc1OC.I. The van der Waals surface area contributed by atoms with E-state index in [-0.39, 0.29) is 24.0 Å². The monoisotopic (exact) mass is 521 g/mol. The van der Waals surface area contributed by atoms with E-state index in [0.29, 0.717) is 5.92 Å². The Morgan fingerprint density at radius 2 is 2.10 bits per heavy atom. The fourth-order valence-electron chi connectivity index (χ4n) is 3.06. The van der Waals surface area contributed by atoms with Crippen LogP contribution in [0.25, 0.3) is 0 Å². The largest absolute Gasteiger partial charge is 0.497 e. The van der Waals surface area contributed by atoms with Gasteiger partial charge in [0, 0.05) is 38.8 Å². The molecule has 1 aromatic rings. The fourth-order valence-corrected chi connectivity index (χ4v) is 3.06. The molecule has 1 aliphatic heterocycles. The van der Waals surface area contributed by atoms with Crippen LogP contribution in [0.5, 0.6) is 11.5 Å². The number of hydrogen-bond acceptors (Lipinski definition) is 5. The van der Waals surface area contributed by atoms with Crippen molar-refractivity contribution in [3.8, 4) is 11.5 Å². The van der Waals surface area contributed by atoms with Gasteiger partial charge in [-0.1, -0.05) is 0 Å². The van der Waals surface area contributed by atoms with Crippen molar-refractivity contribution < 1.29 is 18.9 Å². The van der Waals surface area contributed by atoms with Crippen LogP contribution in [0, 0.1) is 5.92 Å². The minimum Gasteiger partial charge on any atom is -0.497 e. The molecule has 166 valence electrons. The number of halogens is 1. The van der Waals surface area contributed by atoms with Crippen LogP contribution in [0.1, 0.15) is 25.3 Å². The van der Waals surface area contributed by atoms with E-state index in [2.05, 4.69) is 22.5 Å². The maximum atomic E-state index is 5.73. The van der Waals surface area contributed by atoms with E-state index in [1.165, 1.54) is 0 Å². The molecule has 0 amide bonds. The van der Waals surface area contributed by atoms with Crippen molar-refractivity contribution in [2.75, 3.05) is 60.3 Å². The molecule has 29 heavy (non-hydrogen) atoms. The van der Waals surface area contributed by atoms with E-state index in [0.717, 1.165) is 88.3 Å². The second kappa shape index (κ2) is 15.6. The summed E-state index contributed by atoms with van der Waals surface area (Å²) in [5.41, 5.74) is 1.11. The van der Waals surface area contributed by atoms with Gasteiger partial charge >= 0.3 is 0 Å². The van der Waals surface area contributed by atoms with Crippen molar-refractivity contribution in [2.45, 2.75) is 26.2 Å². The van der Waals surface area contributed by atoms with Crippen LogP contribution in [0.15, 0.2) is 23.2 Å². The first kappa shape index (κ1) is 25.8. The number of nitrogens with zero attached hydrogens (tertiary/aromatic N) is 1. The maximum Gasteiger partial charge on any atom is 0.191 e. The predicted octanol–water partition coefficient (Wildman–Crippen LogP) is 2.86. The zero-order valence-corrected chi connectivity index (χ0v) is 20.2. The molecule has 2 rings (SSSR count). The molecule has 7 nitrogen and oxygen atoms in total. The molecule has 1 aliphatic rings. The fraction of sp³-hybridized carbons (Fsp3) is 0.667. The van der Waals surface area contributed by atoms with Gasteiger partial charge in [-0.05, 0) is 49.9 Å². The van der Waals surface area contributed by atoms with E-state index in [4.69, 9.17) is 18.9 Å². The van der Waals surface area contributed by atoms with Crippen molar-refractivity contribution in [1.82, 2.24) is 10.6 Å². The summed E-state index contributed by atoms with van der Waals surface area (Å²) in [4.78, 5) is 4.62. The zero-order chi connectivity index (χ0) is 20.0. The first-order valence-electron chi connectivity index (χ1n) is 10.1. The lowest BCUT2D eigenvalue weighted by Gasteiger charge is -2.14. The average molecular weight is 521 g/mol. The molecule has 1 atom stereocenters. The Bertz CT molecular complexity index is 595. The molecule has 1 unspecified atom stereocenters. The van der Waals surface area contributed by atoms with Gasteiger partial charge in [-0.2, -0.15) is 0 Å². The summed E-state index contributed by atoms with van der Waals surface area (Å²) < 4.78 is 21.8. The highest BCUT2D eigenvalue weighted by Crippen LogP contribution is 2.24. The molecule has 1 saturated heterocycles. The third-order valence-electron chi connectivity index (χ3n) is 4.61. The van der Waals surface area contributed by atoms with E-state index in [9.17, 15) is 0 Å². The molecule has 2 N–H and O–H groups in total. The Labute approximate surface area is 191 Å². The highest BCUT2D eigenvalue weighted by atomic mass is 127. The van der Waals surface area contributed by atoms with Gasteiger partial charge < -0.3 is 29.6 Å². The molecule has 1 heterocycles. The third-order valence-corrected chi connectivity index (χ3v) is 4.61. The highest BCUT2D eigenvalue weighted by Gasteiger charge is 2.15. The Hall–Kier alpha value is -1.26. The topological polar surface area (TPSA) is 73.3 Å². The summed E-state index contributed by atoms with van der Waals surface area (Å²) in [5.74, 6) is 3.10. The lowest BCUT2D eigenvalue weighted by atomic mass is 10.1. The van der Waals surface area contributed by atoms with Crippen LogP contribution in [0.4, 0.5) is 0 Å².